The number of hydrogen-bond donors (Lipinski definition) is 0. The molecule has 2 aliphatic carbocycles. The minimum atomic E-state index is -0.177. The largest absolute Gasteiger partial charge is 0.312 e. The Morgan fingerprint density at radius 2 is 0.797 bits per heavy atom. The molecule has 0 N–H and O–H groups in total. The summed E-state index contributed by atoms with van der Waals surface area (Å²) in [5.41, 5.74) is 23.6. The van der Waals surface area contributed by atoms with Crippen LogP contribution < -0.4 is 4.90 Å². The Morgan fingerprint density at radius 1 is 0.344 bits per heavy atom. The van der Waals surface area contributed by atoms with Crippen LogP contribution in [0.15, 0.2) is 218 Å². The lowest BCUT2D eigenvalue weighted by atomic mass is 9.82. The van der Waals surface area contributed by atoms with E-state index in [1.165, 1.54) is 94.6 Å². The van der Waals surface area contributed by atoms with Crippen molar-refractivity contribution in [2.45, 2.75) is 38.5 Å². The molecule has 0 spiro atoms. The first-order chi connectivity index (χ1) is 31.3. The molecule has 10 aromatic rings. The normalized spacial score (nSPS) is 13.9. The molecule has 0 fully saturated rings. The highest BCUT2D eigenvalue weighted by Crippen LogP contribution is 2.55. The zero-order valence-corrected chi connectivity index (χ0v) is 36.7. The van der Waals surface area contributed by atoms with E-state index in [0.29, 0.717) is 0 Å². The van der Waals surface area contributed by atoms with Crippen molar-refractivity contribution in [3.63, 3.8) is 0 Å². The summed E-state index contributed by atoms with van der Waals surface area (Å²) in [6.45, 7) is 9.48. The Bertz CT molecular complexity index is 3390. The van der Waals surface area contributed by atoms with Crippen molar-refractivity contribution in [1.82, 2.24) is 4.57 Å². The number of rotatable bonds is 7. The number of anilines is 3. The number of aromatic nitrogens is 1. The van der Waals surface area contributed by atoms with E-state index in [9.17, 15) is 0 Å². The van der Waals surface area contributed by atoms with Gasteiger partial charge >= 0.3 is 0 Å². The zero-order chi connectivity index (χ0) is 43.2. The first kappa shape index (κ1) is 38.0. The molecule has 0 saturated carbocycles. The molecule has 1 heterocycles. The number of hydrogen-bond acceptors (Lipinski definition) is 1. The molecule has 0 amide bonds. The molecule has 9 aromatic carbocycles. The summed E-state index contributed by atoms with van der Waals surface area (Å²) in [5, 5.41) is 1.28. The van der Waals surface area contributed by atoms with E-state index < -0.39 is 0 Å². The lowest BCUT2D eigenvalue weighted by Gasteiger charge is -2.28. The highest BCUT2D eigenvalue weighted by molar-refractivity contribution is 6.05. The van der Waals surface area contributed by atoms with Gasteiger partial charge in [-0.2, -0.15) is 0 Å². The second-order valence-corrected chi connectivity index (χ2v) is 18.6. The fraction of sp³-hybridized carbons (Fsp3) is 0.0968. The quantitative estimate of drug-likeness (QED) is 0.155. The van der Waals surface area contributed by atoms with Gasteiger partial charge in [-0.05, 0) is 127 Å². The molecular weight excluding hydrogens is 773 g/mol. The van der Waals surface area contributed by atoms with Crippen LogP contribution in [0.25, 0.3) is 72.2 Å². The summed E-state index contributed by atoms with van der Waals surface area (Å²) >= 11 is 0. The molecule has 0 bridgehead atoms. The van der Waals surface area contributed by atoms with Gasteiger partial charge in [0.25, 0.3) is 0 Å². The van der Waals surface area contributed by atoms with Crippen molar-refractivity contribution < 1.29 is 0 Å². The van der Waals surface area contributed by atoms with Crippen LogP contribution in [-0.4, -0.2) is 4.57 Å². The van der Waals surface area contributed by atoms with Gasteiger partial charge in [-0.1, -0.05) is 185 Å². The third-order valence-corrected chi connectivity index (χ3v) is 14.2. The molecule has 2 aliphatic rings. The van der Waals surface area contributed by atoms with Crippen LogP contribution >= 0.6 is 0 Å². The van der Waals surface area contributed by atoms with E-state index in [1.807, 2.05) is 0 Å². The Labute approximate surface area is 376 Å². The van der Waals surface area contributed by atoms with Crippen LogP contribution in [0.4, 0.5) is 17.1 Å². The first-order valence-electron chi connectivity index (χ1n) is 22.5. The second kappa shape index (κ2) is 14.4. The molecule has 0 aliphatic heterocycles. The molecule has 1 aromatic heterocycles. The molecule has 306 valence electrons. The van der Waals surface area contributed by atoms with Gasteiger partial charge in [0.15, 0.2) is 0 Å². The minimum Gasteiger partial charge on any atom is -0.312 e. The standard InChI is InChI=1S/C62H48N2/c1-61(2)55-21-13-11-19-51(55)52-37-36-50(40-57(52)61)63(47-30-23-43(24-31-47)41-15-7-5-8-16-41)48-32-27-45(28-33-48)46-29-38-58-54(39-46)59-53-20-12-14-22-56(53)62(3,4)60(59)64(58)49-34-25-44(26-35-49)42-17-9-6-10-18-42/h5-40H,1-4H3. The predicted molar refractivity (Wildman–Crippen MR) is 269 cm³/mol. The van der Waals surface area contributed by atoms with Crippen molar-refractivity contribution in [3.05, 3.63) is 241 Å². The Hall–Kier alpha value is -7.68. The van der Waals surface area contributed by atoms with Crippen LogP contribution in [0.3, 0.4) is 0 Å². The average molecular weight is 821 g/mol. The highest BCUT2D eigenvalue weighted by atomic mass is 15.1. The van der Waals surface area contributed by atoms with Gasteiger partial charge in [-0.3, -0.25) is 0 Å². The topological polar surface area (TPSA) is 8.17 Å². The molecule has 2 nitrogen and oxygen atoms in total. The smallest absolute Gasteiger partial charge is 0.0538 e. The van der Waals surface area contributed by atoms with E-state index in [2.05, 4.69) is 256 Å². The zero-order valence-electron chi connectivity index (χ0n) is 36.7. The Balaban J connectivity index is 0.964. The molecule has 0 atom stereocenters. The van der Waals surface area contributed by atoms with Gasteiger partial charge in [-0.25, -0.2) is 0 Å². The van der Waals surface area contributed by atoms with E-state index in [1.54, 1.807) is 0 Å². The highest BCUT2D eigenvalue weighted by Gasteiger charge is 2.41. The fourth-order valence-corrected chi connectivity index (χ4v) is 10.9. The van der Waals surface area contributed by atoms with Crippen LogP contribution in [-0.2, 0) is 10.8 Å². The number of nitrogens with zero attached hydrogens (tertiary/aromatic N) is 2. The van der Waals surface area contributed by atoms with Crippen LogP contribution in [0.2, 0.25) is 0 Å². The fourth-order valence-electron chi connectivity index (χ4n) is 10.9. The van der Waals surface area contributed by atoms with Crippen molar-refractivity contribution in [1.29, 1.82) is 0 Å². The maximum absolute atomic E-state index is 2.52. The van der Waals surface area contributed by atoms with E-state index in [-0.39, 0.29) is 10.8 Å². The van der Waals surface area contributed by atoms with E-state index in [0.717, 1.165) is 17.1 Å². The number of benzene rings is 9. The summed E-state index contributed by atoms with van der Waals surface area (Å²) in [4.78, 5) is 2.41. The summed E-state index contributed by atoms with van der Waals surface area (Å²) in [6.07, 6.45) is 0. The van der Waals surface area contributed by atoms with Gasteiger partial charge in [0.2, 0.25) is 0 Å². The average Bonchev–Trinajstić information content (AvgIpc) is 3.90. The Kier molecular flexibility index (Phi) is 8.58. The van der Waals surface area contributed by atoms with Gasteiger partial charge in [0.1, 0.15) is 0 Å². The molecule has 12 rings (SSSR count). The SMILES string of the molecule is CC1(C)c2ccccc2-c2ccc(N(c3ccc(-c4ccccc4)cc3)c3ccc(-c4ccc5c(c4)c4c(n5-c5ccc(-c6ccccc6)cc5)C(C)(C)c5ccccc5-4)cc3)cc21. The van der Waals surface area contributed by atoms with Gasteiger partial charge in [0.05, 0.1) is 5.52 Å². The molecular formula is C62H48N2. The molecule has 2 heteroatoms. The first-order valence-corrected chi connectivity index (χ1v) is 22.5. The van der Waals surface area contributed by atoms with Gasteiger partial charge in [0, 0.05) is 50.2 Å². The second-order valence-electron chi connectivity index (χ2n) is 18.6. The van der Waals surface area contributed by atoms with Gasteiger partial charge in [-0.15, -0.1) is 0 Å². The van der Waals surface area contributed by atoms with Crippen LogP contribution in [0.1, 0.15) is 50.1 Å². The van der Waals surface area contributed by atoms with Crippen molar-refractivity contribution in [2.24, 2.45) is 0 Å². The maximum Gasteiger partial charge on any atom is 0.0538 e. The monoisotopic (exact) mass is 820 g/mol. The molecule has 64 heavy (non-hydrogen) atoms. The van der Waals surface area contributed by atoms with E-state index in [4.69, 9.17) is 0 Å². The van der Waals surface area contributed by atoms with Crippen molar-refractivity contribution in [2.75, 3.05) is 4.90 Å². The maximum atomic E-state index is 2.52. The lowest BCUT2D eigenvalue weighted by Crippen LogP contribution is -2.19. The molecule has 0 radical (unpaired) electrons. The molecule has 0 unspecified atom stereocenters. The number of fused-ring (bicyclic) bond motifs is 8. The third kappa shape index (κ3) is 5.86. The van der Waals surface area contributed by atoms with Crippen molar-refractivity contribution in [3.8, 4) is 61.3 Å². The third-order valence-electron chi connectivity index (χ3n) is 14.2. The van der Waals surface area contributed by atoms with E-state index >= 15 is 0 Å². The summed E-state index contributed by atoms with van der Waals surface area (Å²) in [7, 11) is 0. The summed E-state index contributed by atoms with van der Waals surface area (Å²) in [6, 6.07) is 80.6. The molecule has 0 saturated heterocycles. The minimum absolute atomic E-state index is 0.103. The predicted octanol–water partition coefficient (Wildman–Crippen LogP) is 16.7. The van der Waals surface area contributed by atoms with Crippen molar-refractivity contribution >= 4 is 28.0 Å². The summed E-state index contributed by atoms with van der Waals surface area (Å²) < 4.78 is 2.52. The Morgan fingerprint density at radius 3 is 1.41 bits per heavy atom. The van der Waals surface area contributed by atoms with Gasteiger partial charge < -0.3 is 9.47 Å². The van der Waals surface area contributed by atoms with Crippen LogP contribution in [0.5, 0.6) is 0 Å². The van der Waals surface area contributed by atoms with Crippen LogP contribution in [0, 0.1) is 0 Å². The summed E-state index contributed by atoms with van der Waals surface area (Å²) in [5.74, 6) is 0. The lowest BCUT2D eigenvalue weighted by molar-refractivity contribution is 0.624.